The molecule has 2 heteroatoms. The van der Waals surface area contributed by atoms with Gasteiger partial charge in [0.25, 0.3) is 0 Å². The van der Waals surface area contributed by atoms with E-state index >= 15 is 0 Å². The minimum atomic E-state index is -0.175. The van der Waals surface area contributed by atoms with Crippen LogP contribution in [0.3, 0.4) is 0 Å². The highest BCUT2D eigenvalue weighted by molar-refractivity contribution is 5.66. The first-order valence-corrected chi connectivity index (χ1v) is 6.69. The normalized spacial score (nSPS) is 21.2. The fraction of sp³-hybridized carbons (Fsp3) is 0.800. The molecule has 98 valence electrons. The van der Waals surface area contributed by atoms with Crippen LogP contribution in [0.4, 0.5) is 0 Å². The number of hydrogen-bond acceptors (Lipinski definition) is 2. The summed E-state index contributed by atoms with van der Waals surface area (Å²) in [6, 6.07) is 0. The van der Waals surface area contributed by atoms with Crippen LogP contribution in [-0.4, -0.2) is 12.1 Å². The standard InChI is InChI=1S/C15H26O2/c1-11-7-6-10-15(4,5)14(11)9-8-12(2)17-13(3)16/h12H,6-10H2,1-5H3/t12-/m1/s1. The van der Waals surface area contributed by atoms with Crippen LogP contribution in [0.1, 0.15) is 66.7 Å². The Balaban J connectivity index is 2.57. The maximum atomic E-state index is 10.9. The number of allylic oxidation sites excluding steroid dienone is 2. The summed E-state index contributed by atoms with van der Waals surface area (Å²) in [5.74, 6) is -0.175. The number of rotatable bonds is 4. The fourth-order valence-electron chi connectivity index (χ4n) is 2.92. The van der Waals surface area contributed by atoms with Crippen molar-refractivity contribution in [1.29, 1.82) is 0 Å². The van der Waals surface area contributed by atoms with Crippen molar-refractivity contribution in [3.05, 3.63) is 11.1 Å². The highest BCUT2D eigenvalue weighted by Gasteiger charge is 2.28. The Morgan fingerprint density at radius 3 is 2.65 bits per heavy atom. The van der Waals surface area contributed by atoms with Crippen molar-refractivity contribution in [3.8, 4) is 0 Å². The van der Waals surface area contributed by atoms with Crippen molar-refractivity contribution in [2.24, 2.45) is 5.41 Å². The van der Waals surface area contributed by atoms with E-state index in [9.17, 15) is 4.79 Å². The van der Waals surface area contributed by atoms with E-state index in [2.05, 4.69) is 20.8 Å². The number of esters is 1. The average molecular weight is 238 g/mol. The van der Waals surface area contributed by atoms with Gasteiger partial charge in [-0.2, -0.15) is 0 Å². The zero-order valence-corrected chi connectivity index (χ0v) is 11.9. The molecule has 0 bridgehead atoms. The second-order valence-corrected chi connectivity index (χ2v) is 5.96. The topological polar surface area (TPSA) is 26.3 Å². The molecule has 17 heavy (non-hydrogen) atoms. The lowest BCUT2D eigenvalue weighted by Crippen LogP contribution is -2.22. The van der Waals surface area contributed by atoms with Crippen molar-refractivity contribution < 1.29 is 9.53 Å². The van der Waals surface area contributed by atoms with Gasteiger partial charge in [0, 0.05) is 6.92 Å². The van der Waals surface area contributed by atoms with Gasteiger partial charge in [0.05, 0.1) is 6.10 Å². The Hall–Kier alpha value is -0.790. The molecule has 0 amide bonds. The van der Waals surface area contributed by atoms with E-state index in [-0.39, 0.29) is 12.1 Å². The molecule has 0 aliphatic heterocycles. The first-order valence-electron chi connectivity index (χ1n) is 6.69. The van der Waals surface area contributed by atoms with E-state index in [1.54, 1.807) is 11.1 Å². The molecule has 2 nitrogen and oxygen atoms in total. The van der Waals surface area contributed by atoms with Crippen LogP contribution in [0.5, 0.6) is 0 Å². The molecule has 0 radical (unpaired) electrons. The third kappa shape index (κ3) is 4.18. The SMILES string of the molecule is CC(=O)O[C@H](C)CCC1=C(C)CCCC1(C)C. The number of carbonyl (C=O) groups excluding carboxylic acids is 1. The van der Waals surface area contributed by atoms with E-state index in [1.807, 2.05) is 6.92 Å². The quantitative estimate of drug-likeness (QED) is 0.541. The van der Waals surface area contributed by atoms with Crippen molar-refractivity contribution in [2.75, 3.05) is 0 Å². The van der Waals surface area contributed by atoms with Gasteiger partial charge >= 0.3 is 5.97 Å². The molecule has 1 aliphatic carbocycles. The van der Waals surface area contributed by atoms with Crippen LogP contribution in [0.25, 0.3) is 0 Å². The molecule has 0 aromatic heterocycles. The molecule has 0 aromatic carbocycles. The van der Waals surface area contributed by atoms with E-state index in [0.29, 0.717) is 5.41 Å². The van der Waals surface area contributed by atoms with Gasteiger partial charge in [0.2, 0.25) is 0 Å². The smallest absolute Gasteiger partial charge is 0.302 e. The molecule has 0 spiro atoms. The first kappa shape index (κ1) is 14.3. The average Bonchev–Trinajstić information content (AvgIpc) is 2.14. The van der Waals surface area contributed by atoms with E-state index in [0.717, 1.165) is 12.8 Å². The Kier molecular flexibility index (Phi) is 4.79. The highest BCUT2D eigenvalue weighted by Crippen LogP contribution is 2.42. The number of ether oxygens (including phenoxy) is 1. The molecule has 0 N–H and O–H groups in total. The third-order valence-electron chi connectivity index (χ3n) is 3.85. The van der Waals surface area contributed by atoms with Gasteiger partial charge in [-0.1, -0.05) is 25.0 Å². The molecule has 0 fully saturated rings. The second kappa shape index (κ2) is 5.70. The van der Waals surface area contributed by atoms with Crippen LogP contribution in [0.15, 0.2) is 11.1 Å². The lowest BCUT2D eigenvalue weighted by molar-refractivity contribution is -0.145. The summed E-state index contributed by atoms with van der Waals surface area (Å²) in [6.07, 6.45) is 5.86. The van der Waals surface area contributed by atoms with E-state index in [1.165, 1.54) is 26.2 Å². The van der Waals surface area contributed by atoms with Gasteiger partial charge in [0.15, 0.2) is 0 Å². The van der Waals surface area contributed by atoms with Crippen LogP contribution in [0, 0.1) is 5.41 Å². The minimum Gasteiger partial charge on any atom is -0.463 e. The summed E-state index contributed by atoms with van der Waals surface area (Å²) in [7, 11) is 0. The van der Waals surface area contributed by atoms with Gasteiger partial charge in [0.1, 0.15) is 0 Å². The summed E-state index contributed by atoms with van der Waals surface area (Å²) in [4.78, 5) is 10.9. The highest BCUT2D eigenvalue weighted by atomic mass is 16.5. The molecule has 1 aliphatic rings. The maximum absolute atomic E-state index is 10.9. The third-order valence-corrected chi connectivity index (χ3v) is 3.85. The van der Waals surface area contributed by atoms with Crippen LogP contribution < -0.4 is 0 Å². The van der Waals surface area contributed by atoms with Gasteiger partial charge in [-0.05, 0) is 51.4 Å². The second-order valence-electron chi connectivity index (χ2n) is 5.96. The number of hydrogen-bond donors (Lipinski definition) is 0. The molecule has 0 unspecified atom stereocenters. The fourth-order valence-corrected chi connectivity index (χ4v) is 2.92. The van der Waals surface area contributed by atoms with Crippen molar-refractivity contribution >= 4 is 5.97 Å². The van der Waals surface area contributed by atoms with Gasteiger partial charge < -0.3 is 4.74 Å². The maximum Gasteiger partial charge on any atom is 0.302 e. The summed E-state index contributed by atoms with van der Waals surface area (Å²) in [5, 5.41) is 0. The Morgan fingerprint density at radius 2 is 2.12 bits per heavy atom. The summed E-state index contributed by atoms with van der Waals surface area (Å²) >= 11 is 0. The largest absolute Gasteiger partial charge is 0.463 e. The molecular weight excluding hydrogens is 212 g/mol. The van der Waals surface area contributed by atoms with Crippen molar-refractivity contribution in [3.63, 3.8) is 0 Å². The lowest BCUT2D eigenvalue weighted by Gasteiger charge is -2.35. The van der Waals surface area contributed by atoms with Crippen LogP contribution in [-0.2, 0) is 9.53 Å². The van der Waals surface area contributed by atoms with Crippen LogP contribution >= 0.6 is 0 Å². The Bertz CT molecular complexity index is 313. The zero-order chi connectivity index (χ0) is 13.1. The molecule has 0 saturated heterocycles. The van der Waals surface area contributed by atoms with Crippen molar-refractivity contribution in [1.82, 2.24) is 0 Å². The predicted molar refractivity (Wildman–Crippen MR) is 70.8 cm³/mol. The Morgan fingerprint density at radius 1 is 1.47 bits per heavy atom. The molecular formula is C15H26O2. The monoisotopic (exact) mass is 238 g/mol. The summed E-state index contributed by atoms with van der Waals surface area (Å²) in [6.45, 7) is 10.4. The summed E-state index contributed by atoms with van der Waals surface area (Å²) < 4.78 is 5.18. The lowest BCUT2D eigenvalue weighted by atomic mass is 9.71. The molecule has 0 aromatic rings. The molecule has 1 rings (SSSR count). The molecule has 1 atom stereocenters. The van der Waals surface area contributed by atoms with Crippen LogP contribution in [0.2, 0.25) is 0 Å². The van der Waals surface area contributed by atoms with Gasteiger partial charge in [-0.3, -0.25) is 4.79 Å². The predicted octanol–water partition coefficient (Wildman–Crippen LogP) is 4.24. The zero-order valence-electron chi connectivity index (χ0n) is 11.9. The van der Waals surface area contributed by atoms with Crippen molar-refractivity contribution in [2.45, 2.75) is 72.8 Å². The molecule has 0 heterocycles. The van der Waals surface area contributed by atoms with E-state index < -0.39 is 0 Å². The minimum absolute atomic E-state index is 0.0329. The van der Waals surface area contributed by atoms with Gasteiger partial charge in [-0.15, -0.1) is 0 Å². The number of carbonyl (C=O) groups is 1. The van der Waals surface area contributed by atoms with E-state index in [4.69, 9.17) is 4.74 Å². The Labute approximate surface area is 105 Å². The molecule has 0 saturated carbocycles. The van der Waals surface area contributed by atoms with Gasteiger partial charge in [-0.25, -0.2) is 0 Å². The first-order chi connectivity index (χ1) is 7.83. The summed E-state index contributed by atoms with van der Waals surface area (Å²) in [5.41, 5.74) is 3.47.